The molecule has 0 saturated heterocycles. The van der Waals surface area contributed by atoms with Gasteiger partial charge in [0.1, 0.15) is 5.82 Å². The quantitative estimate of drug-likeness (QED) is 0.542. The fraction of sp³-hybridized carbons (Fsp3) is 0.0625. The molecule has 0 heterocycles. The van der Waals surface area contributed by atoms with Gasteiger partial charge in [0.2, 0.25) is 0 Å². The first kappa shape index (κ1) is 17.9. The Balaban J connectivity index is 2.19. The van der Waals surface area contributed by atoms with Crippen LogP contribution in [0.4, 0.5) is 15.8 Å². The highest BCUT2D eigenvalue weighted by Crippen LogP contribution is 2.21. The number of thiocarbonyl (C=S) groups is 1. The first-order valence-corrected chi connectivity index (χ1v) is 8.84. The van der Waals surface area contributed by atoms with E-state index in [2.05, 4.69) is 21.9 Å². The number of hydrogen-bond donors (Lipinski definition) is 3. The number of sulfonamides is 1. The van der Waals surface area contributed by atoms with Crippen LogP contribution in [-0.4, -0.2) is 20.1 Å². The molecule has 0 aliphatic carbocycles. The van der Waals surface area contributed by atoms with Gasteiger partial charge in [-0.3, -0.25) is 4.72 Å². The van der Waals surface area contributed by atoms with E-state index in [9.17, 15) is 12.8 Å². The minimum Gasteiger partial charge on any atom is -0.359 e. The normalized spacial score (nSPS) is 10.7. The Labute approximate surface area is 145 Å². The summed E-state index contributed by atoms with van der Waals surface area (Å²) < 4.78 is 40.7. The zero-order valence-electron chi connectivity index (χ0n) is 12.6. The molecule has 2 aromatic carbocycles. The number of benzene rings is 2. The third kappa shape index (κ3) is 4.77. The number of anilines is 2. The molecule has 0 aliphatic rings. The van der Waals surface area contributed by atoms with Gasteiger partial charge >= 0.3 is 0 Å². The van der Waals surface area contributed by atoms with Gasteiger partial charge in [0.05, 0.1) is 10.6 Å². The molecule has 126 valence electrons. The highest BCUT2D eigenvalue weighted by Gasteiger charge is 2.16. The molecular weight excluding hydrogens is 349 g/mol. The second-order valence-corrected chi connectivity index (χ2v) is 6.83. The lowest BCUT2D eigenvalue weighted by Crippen LogP contribution is -2.28. The molecule has 8 heteroatoms. The van der Waals surface area contributed by atoms with Gasteiger partial charge < -0.3 is 10.6 Å². The number of hydrogen-bond acceptors (Lipinski definition) is 3. The second kappa shape index (κ2) is 7.89. The fourth-order valence-corrected chi connectivity index (χ4v) is 3.14. The zero-order valence-corrected chi connectivity index (χ0v) is 14.3. The Bertz CT molecular complexity index is 854. The molecule has 0 aliphatic heterocycles. The minimum absolute atomic E-state index is 0.0118. The van der Waals surface area contributed by atoms with Crippen molar-refractivity contribution in [1.82, 2.24) is 5.32 Å². The molecule has 0 amide bonds. The lowest BCUT2D eigenvalue weighted by Gasteiger charge is -2.12. The van der Waals surface area contributed by atoms with Crippen LogP contribution in [0, 0.1) is 5.82 Å². The van der Waals surface area contributed by atoms with Crippen LogP contribution >= 0.6 is 12.2 Å². The summed E-state index contributed by atoms with van der Waals surface area (Å²) in [5, 5.41) is 6.08. The highest BCUT2D eigenvalue weighted by atomic mass is 32.2. The maximum absolute atomic E-state index is 13.6. The Morgan fingerprint density at radius 3 is 2.67 bits per heavy atom. The first-order valence-electron chi connectivity index (χ1n) is 6.95. The second-order valence-electron chi connectivity index (χ2n) is 4.74. The third-order valence-corrected chi connectivity index (χ3v) is 4.54. The lowest BCUT2D eigenvalue weighted by atomic mass is 10.3. The molecule has 0 spiro atoms. The van der Waals surface area contributed by atoms with Crippen LogP contribution in [0.3, 0.4) is 0 Å². The van der Waals surface area contributed by atoms with Crippen LogP contribution in [0.5, 0.6) is 0 Å². The summed E-state index contributed by atoms with van der Waals surface area (Å²) in [6, 6.07) is 11.6. The largest absolute Gasteiger partial charge is 0.359 e. The van der Waals surface area contributed by atoms with Crippen molar-refractivity contribution in [1.29, 1.82) is 0 Å². The average Bonchev–Trinajstić information content (AvgIpc) is 2.55. The predicted molar refractivity (Wildman–Crippen MR) is 98.1 cm³/mol. The van der Waals surface area contributed by atoms with Gasteiger partial charge in [0, 0.05) is 12.2 Å². The molecular formula is C16H16FN3O2S2. The van der Waals surface area contributed by atoms with Crippen LogP contribution < -0.4 is 15.4 Å². The fourth-order valence-electron chi connectivity index (χ4n) is 1.83. The average molecular weight is 365 g/mol. The molecule has 3 N–H and O–H groups in total. The molecule has 2 aromatic rings. The third-order valence-electron chi connectivity index (χ3n) is 2.93. The summed E-state index contributed by atoms with van der Waals surface area (Å²) in [5.41, 5.74) is 0.381. The van der Waals surface area contributed by atoms with Gasteiger partial charge in [-0.25, -0.2) is 12.8 Å². The van der Waals surface area contributed by atoms with E-state index >= 15 is 0 Å². The number of para-hydroxylation sites is 1. The van der Waals surface area contributed by atoms with E-state index in [0.717, 1.165) is 0 Å². The maximum Gasteiger partial charge on any atom is 0.262 e. The van der Waals surface area contributed by atoms with Gasteiger partial charge in [0.25, 0.3) is 10.0 Å². The molecule has 0 unspecified atom stereocenters. The number of nitrogens with one attached hydrogen (secondary N) is 3. The van der Waals surface area contributed by atoms with Crippen LogP contribution in [-0.2, 0) is 10.0 Å². The van der Waals surface area contributed by atoms with Gasteiger partial charge in [-0.1, -0.05) is 24.3 Å². The van der Waals surface area contributed by atoms with E-state index < -0.39 is 15.8 Å². The first-order chi connectivity index (χ1) is 11.4. The van der Waals surface area contributed by atoms with Gasteiger partial charge in [-0.05, 0) is 42.5 Å². The molecule has 0 bridgehead atoms. The number of rotatable bonds is 6. The summed E-state index contributed by atoms with van der Waals surface area (Å²) in [7, 11) is -3.92. The van der Waals surface area contributed by atoms with E-state index in [1.807, 2.05) is 0 Å². The van der Waals surface area contributed by atoms with Gasteiger partial charge in [-0.2, -0.15) is 0 Å². The van der Waals surface area contributed by atoms with Crippen molar-refractivity contribution >= 4 is 38.7 Å². The monoisotopic (exact) mass is 365 g/mol. The smallest absolute Gasteiger partial charge is 0.262 e. The van der Waals surface area contributed by atoms with E-state index in [0.29, 0.717) is 17.3 Å². The van der Waals surface area contributed by atoms with Crippen molar-refractivity contribution in [3.8, 4) is 0 Å². The van der Waals surface area contributed by atoms with Crippen molar-refractivity contribution in [3.05, 3.63) is 67.0 Å². The molecule has 5 nitrogen and oxygen atoms in total. The zero-order chi connectivity index (χ0) is 17.6. The van der Waals surface area contributed by atoms with Crippen molar-refractivity contribution in [2.75, 3.05) is 16.6 Å². The summed E-state index contributed by atoms with van der Waals surface area (Å²) in [6.45, 7) is 4.05. The van der Waals surface area contributed by atoms with E-state index in [4.69, 9.17) is 12.2 Å². The van der Waals surface area contributed by atoms with Crippen LogP contribution in [0.1, 0.15) is 0 Å². The van der Waals surface area contributed by atoms with Crippen molar-refractivity contribution in [2.45, 2.75) is 4.90 Å². The molecule has 24 heavy (non-hydrogen) atoms. The van der Waals surface area contributed by atoms with Gasteiger partial charge in [0.15, 0.2) is 5.11 Å². The Kier molecular flexibility index (Phi) is 5.88. The Morgan fingerprint density at radius 2 is 1.96 bits per heavy atom. The van der Waals surface area contributed by atoms with Crippen molar-refractivity contribution < 1.29 is 12.8 Å². The Hall–Kier alpha value is -2.45. The topological polar surface area (TPSA) is 70.2 Å². The molecule has 0 radical (unpaired) electrons. The lowest BCUT2D eigenvalue weighted by molar-refractivity contribution is 0.598. The molecule has 0 fully saturated rings. The summed E-state index contributed by atoms with van der Waals surface area (Å²) >= 11 is 5.08. The maximum atomic E-state index is 13.6. The predicted octanol–water partition coefficient (Wildman–Crippen LogP) is 3.10. The summed E-state index contributed by atoms with van der Waals surface area (Å²) in [6.07, 6.45) is 1.65. The number of halogens is 1. The summed E-state index contributed by atoms with van der Waals surface area (Å²) in [4.78, 5) is -0.0118. The summed E-state index contributed by atoms with van der Waals surface area (Å²) in [5.74, 6) is -0.648. The van der Waals surface area contributed by atoms with Crippen molar-refractivity contribution in [2.24, 2.45) is 0 Å². The van der Waals surface area contributed by atoms with E-state index in [-0.39, 0.29) is 10.6 Å². The standard InChI is InChI=1S/C16H16FN3O2S2/c1-2-10-18-16(23)19-12-6-5-7-13(11-12)24(21,22)20-15-9-4-3-8-14(15)17/h2-9,11,20H,1,10H2,(H2,18,19,23). The van der Waals surface area contributed by atoms with Gasteiger partial charge in [-0.15, -0.1) is 6.58 Å². The van der Waals surface area contributed by atoms with Crippen LogP contribution in [0.2, 0.25) is 0 Å². The Morgan fingerprint density at radius 1 is 1.21 bits per heavy atom. The van der Waals surface area contributed by atoms with E-state index in [1.165, 1.54) is 30.3 Å². The molecule has 0 atom stereocenters. The molecule has 0 saturated carbocycles. The van der Waals surface area contributed by atoms with E-state index in [1.54, 1.807) is 24.3 Å². The molecule has 2 rings (SSSR count). The SMILES string of the molecule is C=CCNC(=S)Nc1cccc(S(=O)(=O)Nc2ccccc2F)c1. The van der Waals surface area contributed by atoms with Crippen LogP contribution in [0.15, 0.2) is 66.1 Å². The highest BCUT2D eigenvalue weighted by molar-refractivity contribution is 7.92. The van der Waals surface area contributed by atoms with Crippen LogP contribution in [0.25, 0.3) is 0 Å². The van der Waals surface area contributed by atoms with Crippen molar-refractivity contribution in [3.63, 3.8) is 0 Å². The molecule has 0 aromatic heterocycles. The minimum atomic E-state index is -3.92.